The summed E-state index contributed by atoms with van der Waals surface area (Å²) in [5, 5.41) is 11.7. The summed E-state index contributed by atoms with van der Waals surface area (Å²) in [6, 6.07) is 7.54. The van der Waals surface area contributed by atoms with E-state index < -0.39 is 0 Å². The maximum Gasteiger partial charge on any atom is 0.259 e. The van der Waals surface area contributed by atoms with Crippen molar-refractivity contribution in [1.29, 1.82) is 0 Å². The first-order chi connectivity index (χ1) is 15.0. The zero-order valence-electron chi connectivity index (χ0n) is 19.5. The van der Waals surface area contributed by atoms with Crippen molar-refractivity contribution in [3.63, 3.8) is 0 Å². The molecule has 0 aliphatic heterocycles. The Hall–Kier alpha value is -3.68. The van der Waals surface area contributed by atoms with Gasteiger partial charge in [0.15, 0.2) is 11.5 Å². The van der Waals surface area contributed by atoms with Crippen molar-refractivity contribution in [3.05, 3.63) is 58.9 Å². The number of hydrogen-bond acceptors (Lipinski definition) is 6. The number of furan rings is 1. The Labute approximate surface area is 187 Å². The fraction of sp³-hybridized carbons (Fsp3) is 0.333. The summed E-state index contributed by atoms with van der Waals surface area (Å²) in [5.41, 5.74) is 3.65. The fourth-order valence-corrected chi connectivity index (χ4v) is 3.45. The molecule has 0 unspecified atom stereocenters. The lowest BCUT2D eigenvalue weighted by Crippen LogP contribution is -2.13. The molecule has 8 nitrogen and oxygen atoms in total. The van der Waals surface area contributed by atoms with Gasteiger partial charge in [0.25, 0.3) is 5.91 Å². The number of nitrogens with zero attached hydrogens (tertiary/aromatic N) is 4. The number of nitrogens with one attached hydrogen (secondary N) is 2. The molecule has 0 saturated heterocycles. The largest absolute Gasteiger partial charge is 0.465 e. The summed E-state index contributed by atoms with van der Waals surface area (Å²) >= 11 is 0. The monoisotopic (exact) mass is 432 g/mol. The topological polar surface area (TPSA) is 97.9 Å². The number of aryl methyl sites for hydroxylation is 4. The Balaban J connectivity index is 1.60. The van der Waals surface area contributed by atoms with Crippen LogP contribution in [0.2, 0.25) is 0 Å². The molecule has 0 aliphatic carbocycles. The van der Waals surface area contributed by atoms with Crippen LogP contribution in [0.5, 0.6) is 0 Å². The number of fused-ring (bicyclic) bond motifs is 1. The predicted octanol–water partition coefficient (Wildman–Crippen LogP) is 5.17. The average molecular weight is 433 g/mol. The third-order valence-electron chi connectivity index (χ3n) is 5.35. The van der Waals surface area contributed by atoms with Crippen molar-refractivity contribution < 1.29 is 9.21 Å². The van der Waals surface area contributed by atoms with Crippen LogP contribution in [0.25, 0.3) is 11.0 Å². The molecule has 1 amide bonds. The molecule has 4 aromatic rings. The van der Waals surface area contributed by atoms with E-state index in [1.54, 1.807) is 10.9 Å². The summed E-state index contributed by atoms with van der Waals surface area (Å²) in [6.45, 7) is 11.8. The molecule has 0 radical (unpaired) electrons. The maximum atomic E-state index is 12.9. The molecule has 1 aromatic carbocycles. The quantitative estimate of drug-likeness (QED) is 0.461. The van der Waals surface area contributed by atoms with Crippen LogP contribution in [0.15, 0.2) is 34.9 Å². The molecular weight excluding hydrogens is 404 g/mol. The zero-order chi connectivity index (χ0) is 23.2. The van der Waals surface area contributed by atoms with E-state index in [-0.39, 0.29) is 11.3 Å². The van der Waals surface area contributed by atoms with Crippen molar-refractivity contribution >= 4 is 34.1 Å². The van der Waals surface area contributed by atoms with Gasteiger partial charge in [-0.05, 0) is 44.5 Å². The van der Waals surface area contributed by atoms with Gasteiger partial charge in [-0.1, -0.05) is 26.8 Å². The lowest BCUT2D eigenvalue weighted by atomic mass is 9.93. The van der Waals surface area contributed by atoms with Gasteiger partial charge in [0.2, 0.25) is 0 Å². The summed E-state index contributed by atoms with van der Waals surface area (Å²) in [6.07, 6.45) is 1.77. The van der Waals surface area contributed by atoms with E-state index in [1.807, 2.05) is 52.1 Å². The van der Waals surface area contributed by atoms with E-state index in [0.717, 1.165) is 28.0 Å². The SMILES string of the molecule is Cc1ncc2c(Nc3cc(NC(=O)c4cc(C(C)(C)C)oc4C)ccc3C)nn(C)c2n1. The molecule has 0 bridgehead atoms. The van der Waals surface area contributed by atoms with Crippen LogP contribution in [-0.4, -0.2) is 25.7 Å². The molecule has 0 atom stereocenters. The molecular formula is C24H28N6O2. The molecule has 2 N–H and O–H groups in total. The highest BCUT2D eigenvalue weighted by atomic mass is 16.3. The first kappa shape index (κ1) is 21.5. The van der Waals surface area contributed by atoms with E-state index in [9.17, 15) is 4.79 Å². The number of aromatic nitrogens is 4. The number of anilines is 3. The number of hydrogen-bond donors (Lipinski definition) is 2. The van der Waals surface area contributed by atoms with Crippen LogP contribution >= 0.6 is 0 Å². The van der Waals surface area contributed by atoms with Crippen molar-refractivity contribution in [3.8, 4) is 0 Å². The second kappa shape index (κ2) is 7.78. The number of benzene rings is 1. The minimum Gasteiger partial charge on any atom is -0.465 e. The third-order valence-corrected chi connectivity index (χ3v) is 5.35. The lowest BCUT2D eigenvalue weighted by molar-refractivity contribution is 0.102. The van der Waals surface area contributed by atoms with Crippen LogP contribution in [-0.2, 0) is 12.5 Å². The Morgan fingerprint density at radius 1 is 1.12 bits per heavy atom. The number of carbonyl (C=O) groups excluding carboxylic acids is 1. The summed E-state index contributed by atoms with van der Waals surface area (Å²) in [5.74, 6) is 2.54. The first-order valence-corrected chi connectivity index (χ1v) is 10.5. The fourth-order valence-electron chi connectivity index (χ4n) is 3.45. The Morgan fingerprint density at radius 2 is 1.88 bits per heavy atom. The zero-order valence-corrected chi connectivity index (χ0v) is 19.5. The van der Waals surface area contributed by atoms with Crippen molar-refractivity contribution in [2.24, 2.45) is 7.05 Å². The lowest BCUT2D eigenvalue weighted by Gasteiger charge is -2.13. The van der Waals surface area contributed by atoms with Crippen LogP contribution in [0.1, 0.15) is 54.0 Å². The highest BCUT2D eigenvalue weighted by Gasteiger charge is 2.23. The summed E-state index contributed by atoms with van der Waals surface area (Å²) in [4.78, 5) is 21.7. The second-order valence-corrected chi connectivity index (χ2v) is 9.07. The number of carbonyl (C=O) groups is 1. The van der Waals surface area contributed by atoms with Crippen molar-refractivity contribution in [2.45, 2.75) is 47.0 Å². The third kappa shape index (κ3) is 4.08. The first-order valence-electron chi connectivity index (χ1n) is 10.5. The molecule has 8 heteroatoms. The minimum absolute atomic E-state index is 0.169. The van der Waals surface area contributed by atoms with Crippen molar-refractivity contribution in [1.82, 2.24) is 19.7 Å². The molecule has 32 heavy (non-hydrogen) atoms. The molecule has 0 fully saturated rings. The standard InChI is InChI=1S/C24H28N6O2/c1-13-8-9-16(27-23(31)17-11-20(24(4,5)6)32-14(17)2)10-19(13)28-21-18-12-25-15(3)26-22(18)30(7)29-21/h8-12H,1-7H3,(H,27,31)(H,28,29). The Bertz CT molecular complexity index is 1330. The van der Waals surface area contributed by atoms with Gasteiger partial charge in [-0.3, -0.25) is 4.79 Å². The molecule has 3 aromatic heterocycles. The number of rotatable bonds is 4. The molecule has 0 spiro atoms. The normalized spacial score (nSPS) is 11.7. The van der Waals surface area contributed by atoms with Crippen LogP contribution in [0, 0.1) is 20.8 Å². The second-order valence-electron chi connectivity index (χ2n) is 9.07. The van der Waals surface area contributed by atoms with Gasteiger partial charge in [0.05, 0.1) is 10.9 Å². The van der Waals surface area contributed by atoms with E-state index in [2.05, 4.69) is 46.5 Å². The van der Waals surface area contributed by atoms with E-state index >= 15 is 0 Å². The van der Waals surface area contributed by atoms with Gasteiger partial charge < -0.3 is 15.1 Å². The highest BCUT2D eigenvalue weighted by Crippen LogP contribution is 2.30. The van der Waals surface area contributed by atoms with Gasteiger partial charge in [0, 0.05) is 30.0 Å². The highest BCUT2D eigenvalue weighted by molar-refractivity contribution is 6.05. The van der Waals surface area contributed by atoms with Gasteiger partial charge in [0.1, 0.15) is 17.3 Å². The molecule has 3 heterocycles. The molecule has 0 saturated carbocycles. The van der Waals surface area contributed by atoms with Gasteiger partial charge in [-0.25, -0.2) is 14.6 Å². The maximum absolute atomic E-state index is 12.9. The average Bonchev–Trinajstić information content (AvgIpc) is 3.25. The predicted molar refractivity (Wildman–Crippen MR) is 126 cm³/mol. The smallest absolute Gasteiger partial charge is 0.259 e. The van der Waals surface area contributed by atoms with Crippen molar-refractivity contribution in [2.75, 3.05) is 10.6 Å². The Kier molecular flexibility index (Phi) is 5.24. The number of amides is 1. The van der Waals surface area contributed by atoms with Crippen LogP contribution in [0.4, 0.5) is 17.2 Å². The molecule has 4 rings (SSSR count). The van der Waals surface area contributed by atoms with Crippen LogP contribution in [0.3, 0.4) is 0 Å². The van der Waals surface area contributed by atoms with E-state index in [1.165, 1.54) is 0 Å². The van der Waals surface area contributed by atoms with Crippen LogP contribution < -0.4 is 10.6 Å². The summed E-state index contributed by atoms with van der Waals surface area (Å²) in [7, 11) is 1.85. The molecule has 166 valence electrons. The molecule has 0 aliphatic rings. The van der Waals surface area contributed by atoms with E-state index in [4.69, 9.17) is 4.42 Å². The summed E-state index contributed by atoms with van der Waals surface area (Å²) < 4.78 is 7.54. The van der Waals surface area contributed by atoms with Gasteiger partial charge >= 0.3 is 0 Å². The van der Waals surface area contributed by atoms with Gasteiger partial charge in [-0.2, -0.15) is 5.10 Å². The minimum atomic E-state index is -0.205. The Morgan fingerprint density at radius 3 is 2.56 bits per heavy atom. The van der Waals surface area contributed by atoms with Gasteiger partial charge in [-0.15, -0.1) is 0 Å². The van der Waals surface area contributed by atoms with E-state index in [0.29, 0.717) is 28.7 Å².